The van der Waals surface area contributed by atoms with Crippen LogP contribution in [0.3, 0.4) is 0 Å². The highest BCUT2D eigenvalue weighted by Crippen LogP contribution is 2.55. The molecule has 11 heteroatoms. The second-order valence-corrected chi connectivity index (χ2v) is 9.82. The summed E-state index contributed by atoms with van der Waals surface area (Å²) in [6, 6.07) is 13.0. The zero-order valence-corrected chi connectivity index (χ0v) is 22.2. The van der Waals surface area contributed by atoms with E-state index in [1.807, 2.05) is 48.7 Å². The van der Waals surface area contributed by atoms with Crippen LogP contribution < -0.4 is 10.6 Å². The highest BCUT2D eigenvalue weighted by atomic mass is 79.9. The van der Waals surface area contributed by atoms with Gasteiger partial charge in [0.15, 0.2) is 0 Å². The summed E-state index contributed by atoms with van der Waals surface area (Å²) in [5.74, 6) is -0.517. The second-order valence-electron chi connectivity index (χ2n) is 8.96. The minimum Gasteiger partial charge on any atom is -0.467 e. The number of benzene rings is 2. The maximum atomic E-state index is 13.1. The van der Waals surface area contributed by atoms with Crippen molar-refractivity contribution < 1.29 is 28.6 Å². The van der Waals surface area contributed by atoms with Crippen LogP contribution in [0.2, 0.25) is 0 Å². The number of fused-ring (bicyclic) bond motifs is 4. The van der Waals surface area contributed by atoms with E-state index in [0.29, 0.717) is 13.0 Å². The van der Waals surface area contributed by atoms with Gasteiger partial charge < -0.3 is 29.4 Å². The molecular formula is C26H27BrN4O6. The van der Waals surface area contributed by atoms with Gasteiger partial charge in [0.05, 0.1) is 27.0 Å². The van der Waals surface area contributed by atoms with Crippen molar-refractivity contribution in [2.75, 3.05) is 33.2 Å². The van der Waals surface area contributed by atoms with E-state index >= 15 is 0 Å². The van der Waals surface area contributed by atoms with Gasteiger partial charge in [0, 0.05) is 40.1 Å². The average molecular weight is 571 g/mol. The van der Waals surface area contributed by atoms with Gasteiger partial charge in [0.25, 0.3) is 0 Å². The molecule has 2 N–H and O–H groups in total. The molecule has 1 aromatic heterocycles. The molecule has 194 valence electrons. The lowest BCUT2D eigenvalue weighted by Crippen LogP contribution is -2.51. The molecule has 0 spiro atoms. The molecule has 3 aromatic rings. The lowest BCUT2D eigenvalue weighted by Gasteiger charge is -2.34. The van der Waals surface area contributed by atoms with Crippen LogP contribution in [0.1, 0.15) is 17.5 Å². The third-order valence-electron chi connectivity index (χ3n) is 7.26. The van der Waals surface area contributed by atoms with Crippen molar-refractivity contribution in [1.29, 1.82) is 0 Å². The predicted octanol–water partition coefficient (Wildman–Crippen LogP) is 3.81. The van der Waals surface area contributed by atoms with Crippen LogP contribution in [0.15, 0.2) is 53.1 Å². The van der Waals surface area contributed by atoms with Crippen molar-refractivity contribution >= 4 is 50.7 Å². The molecule has 0 aliphatic carbocycles. The van der Waals surface area contributed by atoms with Crippen LogP contribution >= 0.6 is 15.9 Å². The first-order valence-corrected chi connectivity index (χ1v) is 12.6. The Labute approximate surface area is 222 Å². The molecule has 5 rings (SSSR count). The number of alkyl carbamates (subject to hydrolysis) is 1. The van der Waals surface area contributed by atoms with Crippen molar-refractivity contribution in [1.82, 2.24) is 14.8 Å². The molecule has 10 nitrogen and oxygen atoms in total. The number of carbonyl (C=O) groups is 3. The lowest BCUT2D eigenvalue weighted by molar-refractivity contribution is -0.145. The number of ether oxygens (including phenoxy) is 3. The van der Waals surface area contributed by atoms with E-state index in [0.717, 1.165) is 32.2 Å². The van der Waals surface area contributed by atoms with Gasteiger partial charge in [-0.05, 0) is 40.0 Å². The number of methoxy groups -OCH3 is 3. The summed E-state index contributed by atoms with van der Waals surface area (Å²) in [5, 5.41) is 7.24. The molecule has 0 saturated carbocycles. The molecule has 1 saturated heterocycles. The summed E-state index contributed by atoms with van der Waals surface area (Å²) in [4.78, 5) is 39.1. The fourth-order valence-corrected chi connectivity index (χ4v) is 6.19. The summed E-state index contributed by atoms with van der Waals surface area (Å²) >= 11 is 3.64. The average Bonchev–Trinajstić information content (AvgIpc) is 3.55. The number of nitrogens with one attached hydrogen (secondary N) is 2. The molecule has 2 aromatic carbocycles. The molecular weight excluding hydrogens is 544 g/mol. The molecule has 1 unspecified atom stereocenters. The zero-order chi connectivity index (χ0) is 26.3. The first-order chi connectivity index (χ1) is 17.9. The van der Waals surface area contributed by atoms with Crippen LogP contribution in [-0.2, 0) is 31.0 Å². The second kappa shape index (κ2) is 9.62. The van der Waals surface area contributed by atoms with Gasteiger partial charge in [-0.15, -0.1) is 0 Å². The highest BCUT2D eigenvalue weighted by Gasteiger charge is 2.63. The molecule has 2 aliphatic rings. The van der Waals surface area contributed by atoms with Gasteiger partial charge in [0.1, 0.15) is 17.7 Å². The minimum absolute atomic E-state index is 0.272. The van der Waals surface area contributed by atoms with Gasteiger partial charge >= 0.3 is 18.2 Å². The Balaban J connectivity index is 1.71. The van der Waals surface area contributed by atoms with Gasteiger partial charge in [-0.25, -0.2) is 14.4 Å². The topological polar surface area (TPSA) is 111 Å². The molecule has 1 fully saturated rings. The van der Waals surface area contributed by atoms with Crippen LogP contribution in [-0.4, -0.2) is 67.7 Å². The molecule has 37 heavy (non-hydrogen) atoms. The van der Waals surface area contributed by atoms with Crippen LogP contribution in [0.4, 0.5) is 15.3 Å². The summed E-state index contributed by atoms with van der Waals surface area (Å²) in [5.41, 5.74) is 2.88. The Bertz CT molecular complexity index is 1390. The van der Waals surface area contributed by atoms with E-state index in [2.05, 4.69) is 31.1 Å². The first-order valence-electron chi connectivity index (χ1n) is 11.8. The third kappa shape index (κ3) is 3.79. The smallest absolute Gasteiger partial charge is 0.411 e. The van der Waals surface area contributed by atoms with Crippen LogP contribution in [0, 0.1) is 0 Å². The third-order valence-corrected chi connectivity index (χ3v) is 7.92. The number of likely N-dealkylation sites (tertiary alicyclic amines) is 1. The van der Waals surface area contributed by atoms with Crippen molar-refractivity contribution in [2.24, 2.45) is 0 Å². The fourth-order valence-electron chi connectivity index (χ4n) is 5.71. The summed E-state index contributed by atoms with van der Waals surface area (Å²) in [6.45, 7) is 0.385. The monoisotopic (exact) mass is 570 g/mol. The summed E-state index contributed by atoms with van der Waals surface area (Å²) < 4.78 is 17.9. The Morgan fingerprint density at radius 3 is 2.59 bits per heavy atom. The van der Waals surface area contributed by atoms with E-state index in [9.17, 15) is 14.4 Å². The molecule has 3 heterocycles. The van der Waals surface area contributed by atoms with Gasteiger partial charge in [-0.3, -0.25) is 4.90 Å². The number of para-hydroxylation sites is 2. The Morgan fingerprint density at radius 1 is 1.08 bits per heavy atom. The molecule has 0 radical (unpaired) electrons. The fraction of sp³-hybridized carbons (Fsp3) is 0.346. The number of hydrogen-bond donors (Lipinski definition) is 2. The molecule has 3 atom stereocenters. The van der Waals surface area contributed by atoms with E-state index in [-0.39, 0.29) is 6.42 Å². The molecule has 0 bridgehead atoms. The maximum absolute atomic E-state index is 13.1. The first kappa shape index (κ1) is 24.9. The van der Waals surface area contributed by atoms with Gasteiger partial charge in [0.2, 0.25) is 0 Å². The minimum atomic E-state index is -0.868. The number of aromatic nitrogens is 1. The Kier molecular flexibility index (Phi) is 6.49. The maximum Gasteiger partial charge on any atom is 0.411 e. The van der Waals surface area contributed by atoms with E-state index in [1.54, 1.807) is 0 Å². The summed E-state index contributed by atoms with van der Waals surface area (Å²) in [6.07, 6.45) is 1.13. The number of nitrogens with zero attached hydrogens (tertiary/aromatic N) is 2. The van der Waals surface area contributed by atoms with Crippen LogP contribution in [0.25, 0.3) is 10.9 Å². The molecule has 2 aliphatic heterocycles. The Morgan fingerprint density at radius 2 is 1.86 bits per heavy atom. The number of rotatable bonds is 5. The zero-order valence-electron chi connectivity index (χ0n) is 20.6. The normalized spacial score (nSPS) is 21.7. The van der Waals surface area contributed by atoms with Crippen molar-refractivity contribution in [2.45, 2.75) is 30.6 Å². The van der Waals surface area contributed by atoms with E-state index < -0.39 is 35.9 Å². The van der Waals surface area contributed by atoms with Crippen LogP contribution in [0.5, 0.6) is 0 Å². The number of carbonyl (C=O) groups excluding carboxylic acids is 3. The van der Waals surface area contributed by atoms with Gasteiger partial charge in [-0.1, -0.05) is 30.3 Å². The van der Waals surface area contributed by atoms with E-state index in [1.165, 1.54) is 26.2 Å². The van der Waals surface area contributed by atoms with E-state index in [4.69, 9.17) is 14.2 Å². The largest absolute Gasteiger partial charge is 0.467 e. The molecule has 2 amide bonds. The lowest BCUT2D eigenvalue weighted by atomic mass is 9.86. The standard InChI is InChI=1S/C26H27BrN4O6/c1-35-22(32)20-13-26(17-8-6-9-18(27)21(17)29-23(26)31(20)25(34)37-3)30-14-15(11-12-28-24(33)36-2)16-7-4-5-10-19(16)30/h4-10,14,20,23,29H,11-13H2,1-3H3,(H,28,33)/t20-,23-,26?/m1/s1. The number of anilines is 1. The number of halogens is 1. The van der Waals surface area contributed by atoms with Gasteiger partial charge in [-0.2, -0.15) is 0 Å². The number of amides is 2. The highest BCUT2D eigenvalue weighted by molar-refractivity contribution is 9.10. The van der Waals surface area contributed by atoms with Crippen molar-refractivity contribution in [3.8, 4) is 0 Å². The SMILES string of the molecule is COC(=O)NCCc1cn(C23C[C@H](C(=O)OC)N(C(=O)OC)[C@H]2Nc2c(Br)cccc23)c2ccccc12. The predicted molar refractivity (Wildman–Crippen MR) is 139 cm³/mol. The quantitative estimate of drug-likeness (QED) is 0.354. The number of esters is 1. The number of hydrogen-bond acceptors (Lipinski definition) is 7. The Hall–Kier alpha value is -3.73. The van der Waals surface area contributed by atoms with Crippen molar-refractivity contribution in [3.63, 3.8) is 0 Å². The summed E-state index contributed by atoms with van der Waals surface area (Å²) in [7, 11) is 3.94. The van der Waals surface area contributed by atoms with Crippen molar-refractivity contribution in [3.05, 3.63) is 64.3 Å².